The van der Waals surface area contributed by atoms with Crippen molar-refractivity contribution in [1.29, 1.82) is 0 Å². The van der Waals surface area contributed by atoms with E-state index >= 15 is 0 Å². The van der Waals surface area contributed by atoms with E-state index in [1.807, 2.05) is 0 Å². The second-order valence-corrected chi connectivity index (χ2v) is 4.36. The summed E-state index contributed by atoms with van der Waals surface area (Å²) in [5, 5.41) is 3.32. The number of carbonyl (C=O) groups is 1. The van der Waals surface area contributed by atoms with E-state index in [4.69, 9.17) is 28.9 Å². The fraction of sp³-hybridized carbons (Fsp3) is 0. The van der Waals surface area contributed by atoms with Gasteiger partial charge in [-0.25, -0.2) is 4.98 Å². The summed E-state index contributed by atoms with van der Waals surface area (Å²) in [6.07, 6.45) is 1.53. The van der Waals surface area contributed by atoms with Gasteiger partial charge in [0.25, 0.3) is 5.91 Å². The molecule has 0 radical (unpaired) electrons. The number of nitrogen functional groups attached to an aromatic ring is 1. The Morgan fingerprint density at radius 3 is 2.78 bits per heavy atom. The predicted octanol–water partition coefficient (Wildman–Crippen LogP) is 3.22. The molecule has 1 aromatic heterocycles. The van der Waals surface area contributed by atoms with Gasteiger partial charge in [-0.1, -0.05) is 23.2 Å². The molecule has 6 heteroatoms. The summed E-state index contributed by atoms with van der Waals surface area (Å²) >= 11 is 11.7. The number of aromatic nitrogens is 1. The Morgan fingerprint density at radius 1 is 1.28 bits per heavy atom. The first-order valence-corrected chi connectivity index (χ1v) is 5.80. The highest BCUT2D eigenvalue weighted by atomic mass is 35.5. The maximum Gasteiger partial charge on any atom is 0.258 e. The molecule has 0 bridgehead atoms. The zero-order valence-electron chi connectivity index (χ0n) is 9.15. The second-order valence-electron chi connectivity index (χ2n) is 3.52. The number of nitrogens with zero attached hydrogens (tertiary/aromatic N) is 1. The number of benzene rings is 1. The third kappa shape index (κ3) is 2.72. The summed E-state index contributed by atoms with van der Waals surface area (Å²) in [5.74, 6) is -0.119. The summed E-state index contributed by atoms with van der Waals surface area (Å²) in [4.78, 5) is 16.0. The van der Waals surface area contributed by atoms with E-state index < -0.39 is 5.91 Å². The van der Waals surface area contributed by atoms with Gasteiger partial charge in [-0.15, -0.1) is 0 Å². The zero-order valence-corrected chi connectivity index (χ0v) is 10.7. The molecule has 1 heterocycles. The lowest BCUT2D eigenvalue weighted by Crippen LogP contribution is -2.14. The van der Waals surface area contributed by atoms with Crippen LogP contribution in [0.2, 0.25) is 10.0 Å². The molecule has 0 saturated heterocycles. The monoisotopic (exact) mass is 281 g/mol. The molecular weight excluding hydrogens is 273 g/mol. The van der Waals surface area contributed by atoms with Gasteiger partial charge < -0.3 is 11.1 Å². The molecule has 0 spiro atoms. The first-order chi connectivity index (χ1) is 8.58. The highest BCUT2D eigenvalue weighted by Gasteiger charge is 2.12. The van der Waals surface area contributed by atoms with E-state index in [2.05, 4.69) is 10.3 Å². The Labute approximate surface area is 114 Å². The molecule has 2 aromatic rings. The largest absolute Gasteiger partial charge is 0.396 e. The van der Waals surface area contributed by atoms with Gasteiger partial charge in [-0.05, 0) is 30.3 Å². The van der Waals surface area contributed by atoms with Gasteiger partial charge in [0, 0.05) is 11.2 Å². The van der Waals surface area contributed by atoms with Gasteiger partial charge in [0.15, 0.2) is 5.82 Å². The van der Waals surface area contributed by atoms with Gasteiger partial charge >= 0.3 is 0 Å². The molecule has 0 atom stereocenters. The summed E-state index contributed by atoms with van der Waals surface area (Å²) in [5.41, 5.74) is 6.33. The molecular formula is C12H9Cl2N3O. The molecule has 0 fully saturated rings. The summed E-state index contributed by atoms with van der Waals surface area (Å²) < 4.78 is 0. The van der Waals surface area contributed by atoms with Crippen LogP contribution in [0.4, 0.5) is 11.5 Å². The number of hydrogen-bond donors (Lipinski definition) is 2. The number of rotatable bonds is 2. The molecule has 1 amide bonds. The number of pyridine rings is 1. The minimum Gasteiger partial charge on any atom is -0.396 e. The van der Waals surface area contributed by atoms with E-state index in [1.165, 1.54) is 12.3 Å². The van der Waals surface area contributed by atoms with E-state index in [1.54, 1.807) is 24.3 Å². The van der Waals surface area contributed by atoms with Crippen LogP contribution >= 0.6 is 23.2 Å². The topological polar surface area (TPSA) is 68.0 Å². The standard InChI is InChI=1S/C12H9Cl2N3O/c13-7-3-4-9(14)8(6-7)12(18)17-11-10(15)2-1-5-16-11/h1-6H,15H2,(H,16,17,18). The van der Waals surface area contributed by atoms with Crippen LogP contribution in [0, 0.1) is 0 Å². The van der Waals surface area contributed by atoms with Crippen LogP contribution in [-0.2, 0) is 0 Å². The van der Waals surface area contributed by atoms with Crippen molar-refractivity contribution in [2.24, 2.45) is 0 Å². The van der Waals surface area contributed by atoms with Gasteiger partial charge in [-0.3, -0.25) is 4.79 Å². The van der Waals surface area contributed by atoms with Crippen molar-refractivity contribution in [3.05, 3.63) is 52.1 Å². The number of anilines is 2. The Balaban J connectivity index is 2.28. The fourth-order valence-corrected chi connectivity index (χ4v) is 1.74. The molecule has 18 heavy (non-hydrogen) atoms. The normalized spacial score (nSPS) is 10.1. The zero-order chi connectivity index (χ0) is 13.1. The second kappa shape index (κ2) is 5.25. The summed E-state index contributed by atoms with van der Waals surface area (Å²) in [7, 11) is 0. The Morgan fingerprint density at radius 2 is 2.06 bits per heavy atom. The van der Waals surface area contributed by atoms with Crippen molar-refractivity contribution in [2.75, 3.05) is 11.1 Å². The average Bonchev–Trinajstić information content (AvgIpc) is 2.35. The third-order valence-electron chi connectivity index (χ3n) is 2.24. The van der Waals surface area contributed by atoms with Crippen molar-refractivity contribution in [2.45, 2.75) is 0 Å². The van der Waals surface area contributed by atoms with Crippen molar-refractivity contribution in [1.82, 2.24) is 4.98 Å². The quantitative estimate of drug-likeness (QED) is 0.888. The molecule has 1 aromatic carbocycles. The molecule has 0 aliphatic carbocycles. The summed E-state index contributed by atoms with van der Waals surface area (Å²) in [6, 6.07) is 7.97. The number of amides is 1. The lowest BCUT2D eigenvalue weighted by molar-refractivity contribution is 0.102. The molecule has 3 N–H and O–H groups in total. The van der Waals surface area contributed by atoms with Crippen molar-refractivity contribution in [3.8, 4) is 0 Å². The van der Waals surface area contributed by atoms with Crippen molar-refractivity contribution in [3.63, 3.8) is 0 Å². The third-order valence-corrected chi connectivity index (χ3v) is 2.81. The van der Waals surface area contributed by atoms with Gasteiger partial charge in [-0.2, -0.15) is 0 Å². The molecule has 92 valence electrons. The van der Waals surface area contributed by atoms with Gasteiger partial charge in [0.2, 0.25) is 0 Å². The number of hydrogen-bond acceptors (Lipinski definition) is 3. The van der Waals surface area contributed by atoms with E-state index in [9.17, 15) is 4.79 Å². The van der Waals surface area contributed by atoms with Crippen LogP contribution in [0.3, 0.4) is 0 Å². The van der Waals surface area contributed by atoms with Crippen LogP contribution in [-0.4, -0.2) is 10.9 Å². The van der Waals surface area contributed by atoms with Crippen molar-refractivity contribution >= 4 is 40.6 Å². The smallest absolute Gasteiger partial charge is 0.258 e. The molecule has 0 aliphatic rings. The van der Waals surface area contributed by atoms with Crippen LogP contribution in [0.25, 0.3) is 0 Å². The molecule has 4 nitrogen and oxygen atoms in total. The van der Waals surface area contributed by atoms with Gasteiger partial charge in [0.1, 0.15) is 0 Å². The molecule has 0 saturated carbocycles. The van der Waals surface area contributed by atoms with Crippen molar-refractivity contribution < 1.29 is 4.79 Å². The maximum atomic E-state index is 12.0. The maximum absolute atomic E-state index is 12.0. The molecule has 0 aliphatic heterocycles. The average molecular weight is 282 g/mol. The van der Waals surface area contributed by atoms with Crippen LogP contribution in [0.1, 0.15) is 10.4 Å². The Bertz CT molecular complexity index is 602. The first-order valence-electron chi connectivity index (χ1n) is 5.05. The van der Waals surface area contributed by atoms with E-state index in [-0.39, 0.29) is 5.56 Å². The molecule has 0 unspecified atom stereocenters. The number of nitrogens with one attached hydrogen (secondary N) is 1. The summed E-state index contributed by atoms with van der Waals surface area (Å²) in [6.45, 7) is 0. The minimum atomic E-state index is -0.409. The minimum absolute atomic E-state index is 0.272. The van der Waals surface area contributed by atoms with E-state index in [0.717, 1.165) is 0 Å². The predicted molar refractivity (Wildman–Crippen MR) is 73.1 cm³/mol. The van der Waals surface area contributed by atoms with Gasteiger partial charge in [0.05, 0.1) is 16.3 Å². The highest BCUT2D eigenvalue weighted by molar-refractivity contribution is 6.36. The lowest BCUT2D eigenvalue weighted by atomic mass is 10.2. The fourth-order valence-electron chi connectivity index (χ4n) is 1.37. The Kier molecular flexibility index (Phi) is 3.69. The SMILES string of the molecule is Nc1cccnc1NC(=O)c1cc(Cl)ccc1Cl. The van der Waals surface area contributed by atoms with E-state index in [0.29, 0.717) is 21.6 Å². The Hall–Kier alpha value is -1.78. The number of halogens is 2. The lowest BCUT2D eigenvalue weighted by Gasteiger charge is -2.08. The first kappa shape index (κ1) is 12.7. The van der Waals surface area contributed by atoms with Crippen LogP contribution in [0.15, 0.2) is 36.5 Å². The van der Waals surface area contributed by atoms with Crippen LogP contribution < -0.4 is 11.1 Å². The highest BCUT2D eigenvalue weighted by Crippen LogP contribution is 2.22. The molecule has 2 rings (SSSR count). The van der Waals surface area contributed by atoms with Crippen LogP contribution in [0.5, 0.6) is 0 Å². The number of carbonyl (C=O) groups excluding carboxylic acids is 1. The number of nitrogens with two attached hydrogens (primary N) is 1.